The Bertz CT molecular complexity index is 610. The standard InChI is InChI=1S/C11H10ClN3O2/c1-6-4-7(13)2-3-8(6)17-11-9(12)10(16)14-5-15-11/h2-5H,13H2,1H3,(H,14,15,16). The fraction of sp³-hybridized carbons (Fsp3) is 0.0909. The number of aromatic amines is 1. The molecule has 17 heavy (non-hydrogen) atoms. The highest BCUT2D eigenvalue weighted by Crippen LogP contribution is 2.27. The Hall–Kier alpha value is -2.01. The van der Waals surface area contributed by atoms with Crippen molar-refractivity contribution in [2.24, 2.45) is 0 Å². The van der Waals surface area contributed by atoms with Crippen molar-refractivity contribution < 1.29 is 4.74 Å². The SMILES string of the molecule is Cc1cc(N)ccc1Oc1nc[nH]c(=O)c1Cl. The van der Waals surface area contributed by atoms with Crippen LogP contribution in [0.4, 0.5) is 5.69 Å². The first-order chi connectivity index (χ1) is 8.08. The van der Waals surface area contributed by atoms with E-state index in [2.05, 4.69) is 9.97 Å². The zero-order valence-electron chi connectivity index (χ0n) is 9.03. The minimum Gasteiger partial charge on any atom is -0.437 e. The third-order valence-corrected chi connectivity index (χ3v) is 2.50. The number of aryl methyl sites for hydroxylation is 1. The minimum absolute atomic E-state index is 0.0725. The summed E-state index contributed by atoms with van der Waals surface area (Å²) in [6.07, 6.45) is 1.23. The summed E-state index contributed by atoms with van der Waals surface area (Å²) in [5, 5.41) is -0.0799. The van der Waals surface area contributed by atoms with Gasteiger partial charge in [0.05, 0.1) is 6.33 Å². The summed E-state index contributed by atoms with van der Waals surface area (Å²) in [5.41, 5.74) is 6.66. The Labute approximate surface area is 102 Å². The van der Waals surface area contributed by atoms with Gasteiger partial charge in [0.15, 0.2) is 5.02 Å². The van der Waals surface area contributed by atoms with E-state index in [4.69, 9.17) is 22.1 Å². The number of ether oxygens (including phenoxy) is 1. The Kier molecular flexibility index (Phi) is 3.01. The second kappa shape index (κ2) is 4.47. The molecular formula is C11H10ClN3O2. The smallest absolute Gasteiger partial charge is 0.273 e. The summed E-state index contributed by atoms with van der Waals surface area (Å²) < 4.78 is 5.46. The van der Waals surface area contributed by atoms with Crippen molar-refractivity contribution in [3.05, 3.63) is 45.5 Å². The fourth-order valence-electron chi connectivity index (χ4n) is 1.33. The van der Waals surface area contributed by atoms with Gasteiger partial charge in [-0.1, -0.05) is 11.6 Å². The quantitative estimate of drug-likeness (QED) is 0.801. The molecule has 2 aromatic rings. The van der Waals surface area contributed by atoms with Gasteiger partial charge >= 0.3 is 0 Å². The molecule has 2 rings (SSSR count). The molecule has 0 unspecified atom stereocenters. The Morgan fingerprint density at radius 3 is 2.94 bits per heavy atom. The monoisotopic (exact) mass is 251 g/mol. The van der Waals surface area contributed by atoms with Crippen LogP contribution >= 0.6 is 11.6 Å². The van der Waals surface area contributed by atoms with E-state index in [9.17, 15) is 4.79 Å². The fourth-order valence-corrected chi connectivity index (χ4v) is 1.47. The van der Waals surface area contributed by atoms with Gasteiger partial charge in [-0.05, 0) is 30.7 Å². The normalized spacial score (nSPS) is 10.2. The summed E-state index contributed by atoms with van der Waals surface area (Å²) in [6.45, 7) is 1.84. The second-order valence-electron chi connectivity index (χ2n) is 3.48. The van der Waals surface area contributed by atoms with E-state index < -0.39 is 5.56 Å². The molecule has 1 aromatic heterocycles. The third kappa shape index (κ3) is 2.39. The first kappa shape index (κ1) is 11.5. The average molecular weight is 252 g/mol. The van der Waals surface area contributed by atoms with Crippen LogP contribution in [-0.4, -0.2) is 9.97 Å². The van der Waals surface area contributed by atoms with E-state index >= 15 is 0 Å². The van der Waals surface area contributed by atoms with E-state index in [0.717, 1.165) is 5.56 Å². The number of halogens is 1. The van der Waals surface area contributed by atoms with Gasteiger partial charge in [0.1, 0.15) is 5.75 Å². The topological polar surface area (TPSA) is 81.0 Å². The number of H-pyrrole nitrogens is 1. The molecule has 0 spiro atoms. The van der Waals surface area contributed by atoms with E-state index in [0.29, 0.717) is 11.4 Å². The van der Waals surface area contributed by atoms with Crippen molar-refractivity contribution in [2.75, 3.05) is 5.73 Å². The zero-order chi connectivity index (χ0) is 12.4. The average Bonchev–Trinajstić information content (AvgIpc) is 2.28. The number of nitrogen functional groups attached to an aromatic ring is 1. The summed E-state index contributed by atoms with van der Waals surface area (Å²) in [6, 6.07) is 5.16. The number of nitrogens with one attached hydrogen (secondary N) is 1. The van der Waals surface area contributed by atoms with Gasteiger partial charge in [-0.2, -0.15) is 0 Å². The maximum Gasteiger partial charge on any atom is 0.273 e. The molecule has 0 fully saturated rings. The summed E-state index contributed by atoms with van der Waals surface area (Å²) in [7, 11) is 0. The lowest BCUT2D eigenvalue weighted by Crippen LogP contribution is -2.08. The van der Waals surface area contributed by atoms with Crippen molar-refractivity contribution in [2.45, 2.75) is 6.92 Å². The van der Waals surface area contributed by atoms with Crippen LogP contribution in [-0.2, 0) is 0 Å². The number of hydrogen-bond donors (Lipinski definition) is 2. The van der Waals surface area contributed by atoms with E-state index in [-0.39, 0.29) is 10.9 Å². The Morgan fingerprint density at radius 1 is 1.47 bits per heavy atom. The van der Waals surface area contributed by atoms with Crippen molar-refractivity contribution in [1.29, 1.82) is 0 Å². The van der Waals surface area contributed by atoms with Crippen molar-refractivity contribution in [3.8, 4) is 11.6 Å². The Balaban J connectivity index is 2.38. The lowest BCUT2D eigenvalue weighted by molar-refractivity contribution is 0.457. The third-order valence-electron chi connectivity index (χ3n) is 2.17. The number of benzene rings is 1. The maximum atomic E-state index is 11.2. The molecule has 0 aliphatic rings. The first-order valence-corrected chi connectivity index (χ1v) is 5.23. The van der Waals surface area contributed by atoms with Gasteiger partial charge in [-0.3, -0.25) is 4.79 Å². The highest BCUT2D eigenvalue weighted by molar-refractivity contribution is 6.31. The molecule has 0 radical (unpaired) electrons. The predicted octanol–water partition coefficient (Wildman–Crippen LogP) is 2.11. The number of anilines is 1. The van der Waals surface area contributed by atoms with E-state index in [1.54, 1.807) is 18.2 Å². The second-order valence-corrected chi connectivity index (χ2v) is 3.86. The minimum atomic E-state index is -0.440. The van der Waals surface area contributed by atoms with Crippen molar-refractivity contribution in [3.63, 3.8) is 0 Å². The van der Waals surface area contributed by atoms with Gasteiger partial charge in [0.2, 0.25) is 5.88 Å². The lowest BCUT2D eigenvalue weighted by atomic mass is 10.2. The van der Waals surface area contributed by atoms with Crippen LogP contribution in [0.1, 0.15) is 5.56 Å². The highest BCUT2D eigenvalue weighted by atomic mass is 35.5. The van der Waals surface area contributed by atoms with Crippen LogP contribution in [0.2, 0.25) is 5.02 Å². The largest absolute Gasteiger partial charge is 0.437 e. The molecule has 0 aliphatic heterocycles. The molecule has 6 heteroatoms. The first-order valence-electron chi connectivity index (χ1n) is 4.85. The predicted molar refractivity (Wildman–Crippen MR) is 65.5 cm³/mol. The molecule has 88 valence electrons. The molecule has 5 nitrogen and oxygen atoms in total. The van der Waals surface area contributed by atoms with Crippen LogP contribution in [0.5, 0.6) is 11.6 Å². The summed E-state index contributed by atoms with van der Waals surface area (Å²) >= 11 is 5.77. The van der Waals surface area contributed by atoms with Crippen molar-refractivity contribution >= 4 is 17.3 Å². The molecule has 0 saturated carbocycles. The molecule has 0 amide bonds. The molecule has 0 saturated heterocycles. The molecule has 0 bridgehead atoms. The Morgan fingerprint density at radius 2 is 2.24 bits per heavy atom. The number of nitrogens with two attached hydrogens (primary N) is 1. The summed E-state index contributed by atoms with van der Waals surface area (Å²) in [5.74, 6) is 0.627. The van der Waals surface area contributed by atoms with E-state index in [1.807, 2.05) is 6.92 Å². The number of rotatable bonds is 2. The number of nitrogens with zero attached hydrogens (tertiary/aromatic N) is 1. The molecule has 0 atom stereocenters. The van der Waals surface area contributed by atoms with Crippen LogP contribution in [0, 0.1) is 6.92 Å². The van der Waals surface area contributed by atoms with Crippen molar-refractivity contribution in [1.82, 2.24) is 9.97 Å². The number of aromatic nitrogens is 2. The van der Waals surface area contributed by atoms with Gasteiger partial charge in [-0.25, -0.2) is 4.98 Å². The van der Waals surface area contributed by atoms with E-state index in [1.165, 1.54) is 6.33 Å². The highest BCUT2D eigenvalue weighted by Gasteiger charge is 2.09. The van der Waals surface area contributed by atoms with Gasteiger partial charge < -0.3 is 15.5 Å². The summed E-state index contributed by atoms with van der Waals surface area (Å²) in [4.78, 5) is 17.4. The van der Waals surface area contributed by atoms with Crippen LogP contribution in [0.15, 0.2) is 29.3 Å². The van der Waals surface area contributed by atoms with Gasteiger partial charge in [-0.15, -0.1) is 0 Å². The molecular weight excluding hydrogens is 242 g/mol. The number of hydrogen-bond acceptors (Lipinski definition) is 4. The van der Waals surface area contributed by atoms with Gasteiger partial charge in [0.25, 0.3) is 5.56 Å². The molecule has 0 aliphatic carbocycles. The zero-order valence-corrected chi connectivity index (χ0v) is 9.78. The van der Waals surface area contributed by atoms with Gasteiger partial charge in [0, 0.05) is 5.69 Å². The maximum absolute atomic E-state index is 11.2. The van der Waals surface area contributed by atoms with Crippen LogP contribution in [0.3, 0.4) is 0 Å². The molecule has 3 N–H and O–H groups in total. The van der Waals surface area contributed by atoms with Crippen LogP contribution in [0.25, 0.3) is 0 Å². The molecule has 1 aromatic carbocycles. The molecule has 1 heterocycles. The lowest BCUT2D eigenvalue weighted by Gasteiger charge is -2.08. The van der Waals surface area contributed by atoms with Crippen LogP contribution < -0.4 is 16.0 Å².